The number of nitrogens with zero attached hydrogens (tertiary/aromatic N) is 5. The predicted octanol–water partition coefficient (Wildman–Crippen LogP) is 3.49. The molecule has 1 aliphatic carbocycles. The van der Waals surface area contributed by atoms with Crippen molar-refractivity contribution >= 4 is 56.8 Å². The van der Waals surface area contributed by atoms with Crippen molar-refractivity contribution in [2.75, 3.05) is 5.32 Å². The van der Waals surface area contributed by atoms with Gasteiger partial charge in [0.25, 0.3) is 5.56 Å². The molecule has 9 nitrogen and oxygen atoms in total. The van der Waals surface area contributed by atoms with E-state index in [0.29, 0.717) is 5.65 Å². The van der Waals surface area contributed by atoms with Gasteiger partial charge in [0, 0.05) is 12.8 Å². The maximum absolute atomic E-state index is 13.5. The van der Waals surface area contributed by atoms with Crippen LogP contribution >= 0.6 is 34.7 Å². The largest absolute Gasteiger partial charge is 0.301 e. The number of nitrogens with one attached hydrogen (secondary N) is 2. The molecule has 0 aliphatic heterocycles. The topological polar surface area (TPSA) is 118 Å². The van der Waals surface area contributed by atoms with Crippen LogP contribution < -0.4 is 10.9 Å². The average molecular weight is 476 g/mol. The van der Waals surface area contributed by atoms with Gasteiger partial charge in [-0.05, 0) is 31.4 Å². The molecule has 160 valence electrons. The van der Waals surface area contributed by atoms with Crippen LogP contribution in [0.25, 0.3) is 11.0 Å². The summed E-state index contributed by atoms with van der Waals surface area (Å²) in [7, 11) is 0. The quantitative estimate of drug-likeness (QED) is 0.428. The van der Waals surface area contributed by atoms with Crippen molar-refractivity contribution in [2.45, 2.75) is 55.0 Å². The van der Waals surface area contributed by atoms with Crippen LogP contribution in [0.1, 0.15) is 38.6 Å². The second kappa shape index (κ2) is 8.19. The van der Waals surface area contributed by atoms with E-state index in [-0.39, 0.29) is 57.8 Å². The summed E-state index contributed by atoms with van der Waals surface area (Å²) < 4.78 is 28.7. The Morgan fingerprint density at radius 1 is 1.43 bits per heavy atom. The Labute approximate surface area is 181 Å². The van der Waals surface area contributed by atoms with E-state index in [1.165, 1.54) is 10.9 Å². The number of aromatic nitrogens is 6. The number of aromatic amines is 1. The molecule has 0 bridgehead atoms. The number of hydrogen-bond donors (Lipinski definition) is 2. The van der Waals surface area contributed by atoms with Crippen molar-refractivity contribution in [2.24, 2.45) is 0 Å². The lowest BCUT2D eigenvalue weighted by Crippen LogP contribution is -2.27. The number of halogens is 3. The van der Waals surface area contributed by atoms with Gasteiger partial charge in [0.1, 0.15) is 5.39 Å². The third-order valence-corrected chi connectivity index (χ3v) is 6.68. The summed E-state index contributed by atoms with van der Waals surface area (Å²) in [5.41, 5.74) is -0.0848. The first-order valence-electron chi connectivity index (χ1n) is 9.04. The SMILES string of the molecule is CC(Sc1nc2c(cnn2C2CCC(F)(F)CC2)c(=O)[nH]1)C(=O)Nc1nnc(Cl)s1. The lowest BCUT2D eigenvalue weighted by molar-refractivity contribution is -0.115. The van der Waals surface area contributed by atoms with Crippen LogP contribution in [0.3, 0.4) is 0 Å². The molecule has 3 aromatic heterocycles. The molecule has 1 unspecified atom stereocenters. The molecular weight excluding hydrogens is 460 g/mol. The Kier molecular flexibility index (Phi) is 5.77. The highest BCUT2D eigenvalue weighted by Crippen LogP contribution is 2.39. The molecule has 1 saturated carbocycles. The smallest absolute Gasteiger partial charge is 0.262 e. The first-order chi connectivity index (χ1) is 14.2. The molecular formula is C16H16ClF2N7O2S2. The molecule has 0 radical (unpaired) electrons. The Morgan fingerprint density at radius 2 is 2.17 bits per heavy atom. The molecule has 1 aliphatic rings. The van der Waals surface area contributed by atoms with Crippen molar-refractivity contribution in [3.63, 3.8) is 0 Å². The molecule has 2 N–H and O–H groups in total. The van der Waals surface area contributed by atoms with Crippen LogP contribution in [0.5, 0.6) is 0 Å². The lowest BCUT2D eigenvalue weighted by atomic mass is 9.92. The Balaban J connectivity index is 1.53. The number of carbonyl (C=O) groups is 1. The summed E-state index contributed by atoms with van der Waals surface area (Å²) in [4.78, 5) is 31.8. The van der Waals surface area contributed by atoms with Gasteiger partial charge >= 0.3 is 0 Å². The van der Waals surface area contributed by atoms with Crippen LogP contribution in [-0.4, -0.2) is 47.0 Å². The summed E-state index contributed by atoms with van der Waals surface area (Å²) >= 11 is 7.77. The number of fused-ring (bicyclic) bond motifs is 1. The molecule has 0 spiro atoms. The number of H-pyrrole nitrogens is 1. The van der Waals surface area contributed by atoms with E-state index < -0.39 is 16.7 Å². The Morgan fingerprint density at radius 3 is 2.83 bits per heavy atom. The minimum absolute atomic E-state index is 0.204. The van der Waals surface area contributed by atoms with Gasteiger partial charge < -0.3 is 4.98 Å². The van der Waals surface area contributed by atoms with E-state index in [9.17, 15) is 18.4 Å². The monoisotopic (exact) mass is 475 g/mol. The number of carbonyl (C=O) groups excluding carboxylic acids is 1. The highest BCUT2D eigenvalue weighted by atomic mass is 35.5. The van der Waals surface area contributed by atoms with Gasteiger partial charge in [0.2, 0.25) is 21.4 Å². The van der Waals surface area contributed by atoms with Crippen molar-refractivity contribution < 1.29 is 13.6 Å². The average Bonchev–Trinajstić information content (AvgIpc) is 3.28. The Bertz CT molecular complexity index is 1140. The molecule has 1 fully saturated rings. The fraction of sp³-hybridized carbons (Fsp3) is 0.500. The second-order valence-corrected chi connectivity index (χ2v) is 9.78. The summed E-state index contributed by atoms with van der Waals surface area (Å²) in [5, 5.41) is 14.3. The van der Waals surface area contributed by atoms with Gasteiger partial charge in [-0.25, -0.2) is 18.4 Å². The first-order valence-corrected chi connectivity index (χ1v) is 11.1. The predicted molar refractivity (Wildman–Crippen MR) is 109 cm³/mol. The highest BCUT2D eigenvalue weighted by Gasteiger charge is 2.36. The van der Waals surface area contributed by atoms with E-state index in [0.717, 1.165) is 23.1 Å². The summed E-state index contributed by atoms with van der Waals surface area (Å²) in [6.45, 7) is 1.65. The number of hydrogen-bond acceptors (Lipinski definition) is 8. The number of amides is 1. The van der Waals surface area contributed by atoms with Crippen LogP contribution in [0.2, 0.25) is 4.47 Å². The van der Waals surface area contributed by atoms with Gasteiger partial charge in [-0.2, -0.15) is 5.10 Å². The van der Waals surface area contributed by atoms with E-state index in [1.54, 1.807) is 6.92 Å². The second-order valence-electron chi connectivity index (χ2n) is 6.89. The Hall–Kier alpha value is -2.12. The maximum Gasteiger partial charge on any atom is 0.262 e. The van der Waals surface area contributed by atoms with E-state index in [4.69, 9.17) is 11.6 Å². The third kappa shape index (κ3) is 4.47. The standard InChI is InChI=1S/C16H16ClF2N7O2S2/c1-7(11(27)22-15-25-24-13(17)30-15)29-14-21-10-9(12(28)23-14)6-20-26(10)8-2-4-16(18,19)5-3-8/h6-8H,2-5H2,1H3,(H,21,23,28)(H,22,25,27). The molecule has 1 amide bonds. The number of anilines is 1. The summed E-state index contributed by atoms with van der Waals surface area (Å²) in [5.74, 6) is -3.02. The molecule has 14 heteroatoms. The van der Waals surface area contributed by atoms with Crippen LogP contribution in [0.15, 0.2) is 16.1 Å². The minimum Gasteiger partial charge on any atom is -0.301 e. The highest BCUT2D eigenvalue weighted by molar-refractivity contribution is 8.00. The first kappa shape index (κ1) is 21.1. The third-order valence-electron chi connectivity index (χ3n) is 4.76. The van der Waals surface area contributed by atoms with E-state index in [1.807, 2.05) is 0 Å². The van der Waals surface area contributed by atoms with Crippen molar-refractivity contribution in [1.82, 2.24) is 29.9 Å². The zero-order chi connectivity index (χ0) is 21.5. The zero-order valence-electron chi connectivity index (χ0n) is 15.6. The summed E-state index contributed by atoms with van der Waals surface area (Å²) in [6, 6.07) is -0.253. The van der Waals surface area contributed by atoms with Gasteiger partial charge in [-0.3, -0.25) is 14.9 Å². The van der Waals surface area contributed by atoms with Gasteiger partial charge in [-0.15, -0.1) is 10.2 Å². The van der Waals surface area contributed by atoms with Crippen LogP contribution in [-0.2, 0) is 4.79 Å². The van der Waals surface area contributed by atoms with Gasteiger partial charge in [-0.1, -0.05) is 23.1 Å². The molecule has 1 atom stereocenters. The fourth-order valence-corrected chi connectivity index (χ4v) is 4.72. The van der Waals surface area contributed by atoms with Crippen molar-refractivity contribution in [3.05, 3.63) is 21.0 Å². The molecule has 3 aromatic rings. The normalized spacial score (nSPS) is 17.9. The zero-order valence-corrected chi connectivity index (χ0v) is 18.0. The summed E-state index contributed by atoms with van der Waals surface area (Å²) in [6.07, 6.45) is 1.44. The van der Waals surface area contributed by atoms with E-state index >= 15 is 0 Å². The molecule has 4 rings (SSSR count). The van der Waals surface area contributed by atoms with Gasteiger partial charge in [0.05, 0.1) is 17.5 Å². The van der Waals surface area contributed by atoms with Crippen molar-refractivity contribution in [3.8, 4) is 0 Å². The maximum atomic E-state index is 13.5. The minimum atomic E-state index is -2.66. The molecule has 30 heavy (non-hydrogen) atoms. The van der Waals surface area contributed by atoms with Crippen molar-refractivity contribution in [1.29, 1.82) is 0 Å². The lowest BCUT2D eigenvalue weighted by Gasteiger charge is -2.28. The fourth-order valence-electron chi connectivity index (χ4n) is 3.19. The number of rotatable bonds is 5. The van der Waals surface area contributed by atoms with E-state index in [2.05, 4.69) is 30.6 Å². The molecule has 0 aromatic carbocycles. The molecule has 0 saturated heterocycles. The number of alkyl halides is 2. The molecule has 3 heterocycles. The van der Waals surface area contributed by atoms with Crippen LogP contribution in [0.4, 0.5) is 13.9 Å². The van der Waals surface area contributed by atoms with Gasteiger partial charge in [0.15, 0.2) is 10.8 Å². The number of thioether (sulfide) groups is 1. The van der Waals surface area contributed by atoms with Crippen LogP contribution in [0, 0.1) is 0 Å².